The number of pyridine rings is 1. The normalized spacial score (nSPS) is 15.9. The quantitative estimate of drug-likeness (QED) is 0.420. The van der Waals surface area contributed by atoms with Gasteiger partial charge in [0.2, 0.25) is 0 Å². The van der Waals surface area contributed by atoms with Crippen LogP contribution in [0.3, 0.4) is 0 Å². The van der Waals surface area contributed by atoms with Crippen LogP contribution in [0.2, 0.25) is 0 Å². The van der Waals surface area contributed by atoms with Crippen molar-refractivity contribution in [1.82, 2.24) is 4.98 Å². The largest absolute Gasteiger partial charge is 0.392 e. The van der Waals surface area contributed by atoms with Crippen LogP contribution in [-0.4, -0.2) is 16.6 Å². The van der Waals surface area contributed by atoms with Gasteiger partial charge in [0, 0.05) is 16.3 Å². The lowest BCUT2D eigenvalue weighted by Crippen LogP contribution is -2.19. The Bertz CT molecular complexity index is 1250. The van der Waals surface area contributed by atoms with Crippen LogP contribution < -0.4 is 11.3 Å². The lowest BCUT2D eigenvalue weighted by atomic mass is 9.84. The van der Waals surface area contributed by atoms with Gasteiger partial charge in [0.1, 0.15) is 4.70 Å². The molecule has 1 unspecified atom stereocenters. The van der Waals surface area contributed by atoms with Gasteiger partial charge in [-0.05, 0) is 71.0 Å². The molecule has 30 heavy (non-hydrogen) atoms. The fraction of sp³-hybridized carbons (Fsp3) is 0.320. The number of nitrogens with two attached hydrogens (primary N) is 1. The van der Waals surface area contributed by atoms with Crippen molar-refractivity contribution in [3.05, 3.63) is 69.3 Å². The minimum Gasteiger partial charge on any atom is -0.392 e. The number of aliphatic hydroxyl groups excluding tert-OH is 1. The van der Waals surface area contributed by atoms with Gasteiger partial charge >= 0.3 is 0 Å². The predicted octanol–water partition coefficient (Wildman–Crippen LogP) is 5.13. The summed E-state index contributed by atoms with van der Waals surface area (Å²) in [5.74, 6) is 1.09. The van der Waals surface area contributed by atoms with Crippen molar-refractivity contribution in [2.45, 2.75) is 38.2 Å². The second-order valence-electron chi connectivity index (χ2n) is 8.31. The summed E-state index contributed by atoms with van der Waals surface area (Å²) in [5, 5.41) is 13.9. The number of fused-ring (bicyclic) bond motifs is 3. The highest BCUT2D eigenvalue weighted by molar-refractivity contribution is 7.17. The Labute approximate surface area is 179 Å². The van der Waals surface area contributed by atoms with E-state index in [-0.39, 0.29) is 12.2 Å². The summed E-state index contributed by atoms with van der Waals surface area (Å²) in [6.07, 6.45) is 5.16. The van der Waals surface area contributed by atoms with Crippen molar-refractivity contribution in [3.8, 4) is 11.1 Å². The van der Waals surface area contributed by atoms with Gasteiger partial charge in [-0.15, -0.1) is 11.3 Å². The third-order valence-electron chi connectivity index (χ3n) is 6.70. The molecule has 0 aliphatic heterocycles. The third-order valence-corrected chi connectivity index (χ3v) is 7.61. The van der Waals surface area contributed by atoms with E-state index in [1.165, 1.54) is 42.6 Å². The number of benzene rings is 2. The van der Waals surface area contributed by atoms with Crippen LogP contribution >= 0.6 is 11.3 Å². The molecule has 2 heterocycles. The molecular formula is C25H26N2O2S. The maximum atomic E-state index is 12.4. The number of hydrogen-bond acceptors (Lipinski definition) is 4. The lowest BCUT2D eigenvalue weighted by molar-refractivity contribution is 0.282. The molecule has 0 bridgehead atoms. The van der Waals surface area contributed by atoms with Crippen LogP contribution in [0.25, 0.3) is 32.1 Å². The second-order valence-corrected chi connectivity index (χ2v) is 9.22. The zero-order chi connectivity index (χ0) is 20.7. The average Bonchev–Trinajstić information content (AvgIpc) is 3.47. The molecule has 5 heteroatoms. The molecule has 4 N–H and O–H groups in total. The predicted molar refractivity (Wildman–Crippen MR) is 125 cm³/mol. The number of thiophene rings is 1. The van der Waals surface area contributed by atoms with Crippen molar-refractivity contribution in [3.63, 3.8) is 0 Å². The van der Waals surface area contributed by atoms with Gasteiger partial charge in [0.05, 0.1) is 6.61 Å². The molecule has 0 saturated heterocycles. The zero-order valence-electron chi connectivity index (χ0n) is 16.9. The molecule has 1 saturated carbocycles. The summed E-state index contributed by atoms with van der Waals surface area (Å²) in [7, 11) is 0. The first-order valence-corrected chi connectivity index (χ1v) is 11.6. The number of rotatable bonds is 5. The first kappa shape index (κ1) is 19.5. The molecule has 4 nitrogen and oxygen atoms in total. The third kappa shape index (κ3) is 3.18. The summed E-state index contributed by atoms with van der Waals surface area (Å²) >= 11 is 1.45. The van der Waals surface area contributed by atoms with E-state index in [9.17, 15) is 9.90 Å². The molecule has 154 valence electrons. The van der Waals surface area contributed by atoms with Crippen LogP contribution in [0.4, 0.5) is 0 Å². The molecule has 1 aliphatic carbocycles. The van der Waals surface area contributed by atoms with Gasteiger partial charge < -0.3 is 15.8 Å². The topological polar surface area (TPSA) is 79.1 Å². The molecule has 1 aliphatic rings. The fourth-order valence-electron chi connectivity index (χ4n) is 5.21. The molecule has 2 aromatic carbocycles. The van der Waals surface area contributed by atoms with Crippen LogP contribution in [0.15, 0.2) is 52.6 Å². The Morgan fingerprint density at radius 1 is 1.10 bits per heavy atom. The van der Waals surface area contributed by atoms with Crippen molar-refractivity contribution in [1.29, 1.82) is 0 Å². The summed E-state index contributed by atoms with van der Waals surface area (Å²) in [6.45, 7) is 0.627. The van der Waals surface area contributed by atoms with E-state index in [0.717, 1.165) is 37.7 Å². The van der Waals surface area contributed by atoms with Crippen LogP contribution in [0.1, 0.15) is 42.7 Å². The number of H-pyrrole nitrogens is 1. The van der Waals surface area contributed by atoms with Gasteiger partial charge in [-0.1, -0.05) is 43.2 Å². The van der Waals surface area contributed by atoms with E-state index in [2.05, 4.69) is 29.2 Å². The molecule has 4 aromatic rings. The number of aromatic nitrogens is 1. The standard InChI is InChI=1S/C25H26N2O2S/c26-13-20(15-3-1-2-4-15)16-5-7-17(8-6-16)22-18(14-28)9-10-21-23(22)19-11-12-30-24(19)25(29)27-21/h5-12,15,20,28H,1-4,13-14,26H2,(H,27,29). The summed E-state index contributed by atoms with van der Waals surface area (Å²) in [4.78, 5) is 15.4. The van der Waals surface area contributed by atoms with Crippen molar-refractivity contribution in [2.24, 2.45) is 11.7 Å². The van der Waals surface area contributed by atoms with E-state index < -0.39 is 0 Å². The summed E-state index contributed by atoms with van der Waals surface area (Å²) < 4.78 is 0.722. The maximum Gasteiger partial charge on any atom is 0.266 e. The van der Waals surface area contributed by atoms with E-state index >= 15 is 0 Å². The average molecular weight is 419 g/mol. The van der Waals surface area contributed by atoms with Gasteiger partial charge in [0.15, 0.2) is 0 Å². The number of nitrogens with one attached hydrogen (secondary N) is 1. The zero-order valence-corrected chi connectivity index (χ0v) is 17.7. The van der Waals surface area contributed by atoms with Gasteiger partial charge in [-0.3, -0.25) is 4.79 Å². The molecule has 2 aromatic heterocycles. The minimum atomic E-state index is -0.0621. The van der Waals surface area contributed by atoms with E-state index in [1.54, 1.807) is 0 Å². The maximum absolute atomic E-state index is 12.4. The number of aromatic amines is 1. The SMILES string of the molecule is NCC(c1ccc(-c2c(CO)ccc3[nH]c(=O)c4sccc4c23)cc1)C1CCCC1. The smallest absolute Gasteiger partial charge is 0.266 e. The molecule has 1 fully saturated rings. The van der Waals surface area contributed by atoms with Crippen LogP contribution in [-0.2, 0) is 6.61 Å². The lowest BCUT2D eigenvalue weighted by Gasteiger charge is -2.23. The van der Waals surface area contributed by atoms with Crippen LogP contribution in [0.5, 0.6) is 0 Å². The first-order chi connectivity index (χ1) is 14.7. The van der Waals surface area contributed by atoms with Crippen molar-refractivity contribution < 1.29 is 5.11 Å². The molecule has 1 atom stereocenters. The Balaban J connectivity index is 1.67. The first-order valence-electron chi connectivity index (χ1n) is 10.7. The Morgan fingerprint density at radius 2 is 1.87 bits per heavy atom. The van der Waals surface area contributed by atoms with Gasteiger partial charge in [-0.2, -0.15) is 0 Å². The number of aliphatic hydroxyl groups is 1. The number of hydrogen-bond donors (Lipinski definition) is 3. The second kappa shape index (κ2) is 7.99. The highest BCUT2D eigenvalue weighted by Gasteiger charge is 2.25. The highest BCUT2D eigenvalue weighted by atomic mass is 32.1. The Hall–Kier alpha value is -2.47. The highest BCUT2D eigenvalue weighted by Crippen LogP contribution is 2.39. The van der Waals surface area contributed by atoms with E-state index in [1.807, 2.05) is 23.6 Å². The van der Waals surface area contributed by atoms with Crippen molar-refractivity contribution >= 4 is 32.3 Å². The molecular weight excluding hydrogens is 392 g/mol. The molecule has 0 amide bonds. The monoisotopic (exact) mass is 418 g/mol. The van der Waals surface area contributed by atoms with Gasteiger partial charge in [0.25, 0.3) is 5.56 Å². The Kier molecular flexibility index (Phi) is 5.19. The van der Waals surface area contributed by atoms with Gasteiger partial charge in [-0.25, -0.2) is 0 Å². The van der Waals surface area contributed by atoms with Crippen molar-refractivity contribution in [2.75, 3.05) is 6.54 Å². The Morgan fingerprint density at radius 3 is 2.57 bits per heavy atom. The van der Waals surface area contributed by atoms with E-state index in [4.69, 9.17) is 5.73 Å². The van der Waals surface area contributed by atoms with E-state index in [0.29, 0.717) is 18.4 Å². The summed E-state index contributed by atoms with van der Waals surface area (Å²) in [6, 6.07) is 14.5. The fourth-order valence-corrected chi connectivity index (χ4v) is 6.01. The molecule has 0 spiro atoms. The van der Waals surface area contributed by atoms with Crippen LogP contribution in [0, 0.1) is 5.92 Å². The summed E-state index contributed by atoms with van der Waals surface area (Å²) in [5.41, 5.74) is 11.1. The molecule has 5 rings (SSSR count). The molecule has 0 radical (unpaired) electrons. The minimum absolute atomic E-state index is 0.0503.